The molecule has 3 aliphatic rings. The number of carbonyl (C=O) groups excluding carboxylic acids is 1. The number of fused-ring (bicyclic) bond motifs is 3. The quantitative estimate of drug-likeness (QED) is 0.509. The molecule has 37 heavy (non-hydrogen) atoms. The average Bonchev–Trinajstić information content (AvgIpc) is 3.62. The monoisotopic (exact) mass is 517 g/mol. The molecule has 0 fully saturated rings. The Morgan fingerprint density at radius 2 is 1.81 bits per heavy atom. The Bertz CT molecular complexity index is 1730. The normalized spacial score (nSPS) is 17.6. The summed E-state index contributed by atoms with van der Waals surface area (Å²) in [5.41, 5.74) is 7.46. The van der Waals surface area contributed by atoms with Crippen LogP contribution >= 0.6 is 11.3 Å². The van der Waals surface area contributed by atoms with Gasteiger partial charge in [0.05, 0.1) is 34.3 Å². The van der Waals surface area contributed by atoms with Gasteiger partial charge < -0.3 is 29.4 Å². The summed E-state index contributed by atoms with van der Waals surface area (Å²) in [6, 6.07) is 12.6. The number of hydrogen-bond donors (Lipinski definition) is 1. The minimum absolute atomic E-state index is 0.0419. The number of aromatic nitrogens is 1. The van der Waals surface area contributed by atoms with Gasteiger partial charge >= 0.3 is 5.97 Å². The van der Waals surface area contributed by atoms with E-state index in [4.69, 9.17) is 29.4 Å². The van der Waals surface area contributed by atoms with E-state index in [1.165, 1.54) is 4.57 Å². The van der Waals surface area contributed by atoms with E-state index in [-0.39, 0.29) is 37.2 Å². The van der Waals surface area contributed by atoms with Gasteiger partial charge in [0.15, 0.2) is 23.0 Å². The highest BCUT2D eigenvalue weighted by Gasteiger charge is 2.37. The van der Waals surface area contributed by atoms with Crippen LogP contribution in [-0.4, -0.2) is 30.7 Å². The van der Waals surface area contributed by atoms with Gasteiger partial charge in [-0.3, -0.25) is 9.36 Å². The maximum atomic E-state index is 13.5. The summed E-state index contributed by atoms with van der Waals surface area (Å²) in [6.07, 6.45) is 1.68. The molecule has 11 heteroatoms. The molecule has 186 valence electrons. The number of nitrogens with two attached hydrogens (primary N) is 1. The smallest absolute Gasteiger partial charge is 0.338 e. The van der Waals surface area contributed by atoms with Crippen molar-refractivity contribution in [1.82, 2.24) is 4.57 Å². The molecule has 3 aromatic rings. The first kappa shape index (κ1) is 22.8. The lowest BCUT2D eigenvalue weighted by molar-refractivity contribution is -0.136. The van der Waals surface area contributed by atoms with Gasteiger partial charge in [-0.1, -0.05) is 12.1 Å². The number of nitriles is 1. The second kappa shape index (κ2) is 8.76. The summed E-state index contributed by atoms with van der Waals surface area (Å²) in [7, 11) is 0. The van der Waals surface area contributed by atoms with Crippen LogP contribution < -0.4 is 39.4 Å². The second-order valence-corrected chi connectivity index (χ2v) is 9.29. The molecule has 6 rings (SSSR count). The molecule has 10 nitrogen and oxygen atoms in total. The van der Waals surface area contributed by atoms with Gasteiger partial charge in [-0.2, -0.15) is 5.26 Å². The van der Waals surface area contributed by atoms with E-state index in [9.17, 15) is 14.9 Å². The summed E-state index contributed by atoms with van der Waals surface area (Å²) >= 11 is 1.10. The third-order valence-electron chi connectivity index (χ3n) is 6.19. The van der Waals surface area contributed by atoms with Crippen molar-refractivity contribution >= 4 is 34.8 Å². The summed E-state index contributed by atoms with van der Waals surface area (Å²) in [5, 5.41) is 10.1. The Morgan fingerprint density at radius 1 is 1.14 bits per heavy atom. The molecule has 0 aliphatic carbocycles. The summed E-state index contributed by atoms with van der Waals surface area (Å²) in [4.78, 5) is 26.8. The zero-order valence-corrected chi connectivity index (χ0v) is 20.3. The molecule has 4 heterocycles. The molecule has 0 amide bonds. The number of hydrogen-bond acceptors (Lipinski definition) is 10. The van der Waals surface area contributed by atoms with Gasteiger partial charge in [-0.05, 0) is 48.4 Å². The molecule has 1 atom stereocenters. The van der Waals surface area contributed by atoms with E-state index in [0.29, 0.717) is 43.3 Å². The number of benzene rings is 2. The predicted octanol–water partition coefficient (Wildman–Crippen LogP) is 1.36. The van der Waals surface area contributed by atoms with Gasteiger partial charge in [-0.25, -0.2) is 4.79 Å². The van der Waals surface area contributed by atoms with Crippen molar-refractivity contribution in [3.05, 3.63) is 72.6 Å². The maximum Gasteiger partial charge on any atom is 0.338 e. The summed E-state index contributed by atoms with van der Waals surface area (Å²) < 4.78 is 28.9. The van der Waals surface area contributed by atoms with E-state index >= 15 is 0 Å². The molecule has 0 unspecified atom stereocenters. The van der Waals surface area contributed by atoms with Crippen LogP contribution in [0.1, 0.15) is 24.0 Å². The minimum atomic E-state index is -0.866. The topological polar surface area (TPSA) is 135 Å². The number of esters is 1. The van der Waals surface area contributed by atoms with Crippen LogP contribution in [0.4, 0.5) is 0 Å². The van der Waals surface area contributed by atoms with Crippen molar-refractivity contribution in [3.8, 4) is 29.1 Å². The largest absolute Gasteiger partial charge is 0.463 e. The van der Waals surface area contributed by atoms with Gasteiger partial charge in [0, 0.05) is 0 Å². The number of rotatable bonds is 4. The van der Waals surface area contributed by atoms with Crippen molar-refractivity contribution in [1.29, 1.82) is 5.26 Å². The van der Waals surface area contributed by atoms with E-state index in [1.807, 2.05) is 0 Å². The van der Waals surface area contributed by atoms with Gasteiger partial charge in [0.2, 0.25) is 13.6 Å². The Balaban J connectivity index is 1.61. The molecule has 0 saturated carbocycles. The molecule has 2 aromatic carbocycles. The van der Waals surface area contributed by atoms with Gasteiger partial charge in [0.25, 0.3) is 5.56 Å². The molecule has 0 spiro atoms. The summed E-state index contributed by atoms with van der Waals surface area (Å²) in [6.45, 7) is 2.01. The fourth-order valence-corrected chi connectivity index (χ4v) is 5.70. The number of thiazole rings is 1. The molecule has 0 saturated heterocycles. The lowest BCUT2D eigenvalue weighted by Gasteiger charge is -2.24. The Morgan fingerprint density at radius 3 is 2.51 bits per heavy atom. The number of carbonyl (C=O) groups is 1. The van der Waals surface area contributed by atoms with E-state index in [1.54, 1.807) is 49.4 Å². The van der Waals surface area contributed by atoms with Crippen LogP contribution in [0, 0.1) is 11.3 Å². The highest BCUT2D eigenvalue weighted by molar-refractivity contribution is 7.07. The first-order chi connectivity index (χ1) is 18.0. The van der Waals surface area contributed by atoms with Crippen LogP contribution in [-0.2, 0) is 9.53 Å². The van der Waals surface area contributed by atoms with Crippen molar-refractivity contribution < 1.29 is 28.5 Å². The van der Waals surface area contributed by atoms with Crippen molar-refractivity contribution in [3.63, 3.8) is 0 Å². The molecular weight excluding hydrogens is 498 g/mol. The molecule has 3 aliphatic heterocycles. The standard InChI is InChI=1S/C26H19N3O7S/c1-2-32-26(31)22-21(14-4-6-17-19(9-14)36-12-34-17)15(10-27)23(28)29-24(30)20(37-25(22)29)8-13-3-5-16-18(7-13)35-11-33-16/h3-9,21H,2,11-12,28H2,1H3/b20-8-/t21-/m1/s1. The Labute approximate surface area is 213 Å². The second-order valence-electron chi connectivity index (χ2n) is 8.26. The van der Waals surface area contributed by atoms with Crippen molar-refractivity contribution in [2.45, 2.75) is 12.8 Å². The van der Waals surface area contributed by atoms with Crippen molar-refractivity contribution in [2.24, 2.45) is 5.73 Å². The molecule has 1 aromatic heterocycles. The molecular formula is C26H19N3O7S. The number of allylic oxidation sites excluding steroid dienone is 1. The average molecular weight is 518 g/mol. The van der Waals surface area contributed by atoms with Crippen LogP contribution in [0.3, 0.4) is 0 Å². The van der Waals surface area contributed by atoms with E-state index < -0.39 is 17.4 Å². The summed E-state index contributed by atoms with van der Waals surface area (Å²) in [5.74, 6) is 0.686. The van der Waals surface area contributed by atoms with Crippen molar-refractivity contribution in [2.75, 3.05) is 20.2 Å². The highest BCUT2D eigenvalue weighted by Crippen LogP contribution is 2.41. The first-order valence-electron chi connectivity index (χ1n) is 11.3. The molecule has 2 N–H and O–H groups in total. The van der Waals surface area contributed by atoms with Crippen LogP contribution in [0.15, 0.2) is 46.8 Å². The number of ether oxygens (including phenoxy) is 5. The number of nitrogens with zero attached hydrogens (tertiary/aromatic N) is 2. The fraction of sp³-hybridized carbons (Fsp3) is 0.192. The predicted molar refractivity (Wildman–Crippen MR) is 132 cm³/mol. The van der Waals surface area contributed by atoms with Crippen LogP contribution in [0.5, 0.6) is 23.0 Å². The third-order valence-corrected chi connectivity index (χ3v) is 7.30. The lowest BCUT2D eigenvalue weighted by Crippen LogP contribution is -2.40. The highest BCUT2D eigenvalue weighted by atomic mass is 32.1. The molecule has 0 radical (unpaired) electrons. The van der Waals surface area contributed by atoms with Gasteiger partial charge in [-0.15, -0.1) is 11.3 Å². The Kier molecular flexibility index (Phi) is 5.39. The fourth-order valence-electron chi connectivity index (χ4n) is 4.53. The van der Waals surface area contributed by atoms with Gasteiger partial charge in [0.1, 0.15) is 10.5 Å². The van der Waals surface area contributed by atoms with E-state index in [0.717, 1.165) is 11.3 Å². The zero-order chi connectivity index (χ0) is 25.7. The molecule has 0 bridgehead atoms. The maximum absolute atomic E-state index is 13.5. The minimum Gasteiger partial charge on any atom is -0.463 e. The zero-order valence-electron chi connectivity index (χ0n) is 19.5. The van der Waals surface area contributed by atoms with E-state index in [2.05, 4.69) is 6.07 Å². The SMILES string of the molecule is CCOC(=O)C1=c2s/c(=C\c3ccc4c(c3)OCO4)c(=O)n2C(N)=C(C#N)[C@H]1c1ccc2c(c1)OCO2. The van der Waals surface area contributed by atoms with Crippen LogP contribution in [0.2, 0.25) is 0 Å². The first-order valence-corrected chi connectivity index (χ1v) is 12.2. The third kappa shape index (κ3) is 3.61. The Hall–Kier alpha value is -4.69. The lowest BCUT2D eigenvalue weighted by atomic mass is 9.83. The van der Waals surface area contributed by atoms with Crippen LogP contribution in [0.25, 0.3) is 17.5 Å².